The van der Waals surface area contributed by atoms with Crippen molar-refractivity contribution in [3.8, 4) is 11.1 Å². The minimum atomic E-state index is -1.03. The van der Waals surface area contributed by atoms with Crippen molar-refractivity contribution in [1.82, 2.24) is 21.3 Å². The second-order valence-electron chi connectivity index (χ2n) is 7.45. The van der Waals surface area contributed by atoms with Gasteiger partial charge in [0, 0.05) is 20.0 Å². The number of amides is 2. The zero-order valence-electron chi connectivity index (χ0n) is 18.6. The SMILES string of the molecule is CNC(=S)NCCCCC(=O)NCC(=O)NC(CC(=O)O)c1ccc(-c2ccccc2)cc1. The summed E-state index contributed by atoms with van der Waals surface area (Å²) in [6, 6.07) is 16.5. The Hall–Kier alpha value is -3.46. The van der Waals surface area contributed by atoms with E-state index in [1.807, 2.05) is 54.6 Å². The molecule has 2 amide bonds. The van der Waals surface area contributed by atoms with E-state index in [2.05, 4.69) is 21.3 Å². The minimum Gasteiger partial charge on any atom is -0.481 e. The van der Waals surface area contributed by atoms with Gasteiger partial charge in [-0.1, -0.05) is 54.6 Å². The van der Waals surface area contributed by atoms with Gasteiger partial charge in [-0.25, -0.2) is 0 Å². The summed E-state index contributed by atoms with van der Waals surface area (Å²) in [5, 5.41) is 20.9. The molecule has 8 nitrogen and oxygen atoms in total. The third-order valence-electron chi connectivity index (χ3n) is 4.92. The van der Waals surface area contributed by atoms with Gasteiger partial charge in [0.25, 0.3) is 0 Å². The summed E-state index contributed by atoms with van der Waals surface area (Å²) < 4.78 is 0. The summed E-state index contributed by atoms with van der Waals surface area (Å²) in [6.45, 7) is 0.451. The fourth-order valence-corrected chi connectivity index (χ4v) is 3.28. The van der Waals surface area contributed by atoms with E-state index in [-0.39, 0.29) is 18.9 Å². The van der Waals surface area contributed by atoms with E-state index in [0.29, 0.717) is 30.1 Å². The van der Waals surface area contributed by atoms with E-state index in [1.54, 1.807) is 7.05 Å². The maximum atomic E-state index is 12.3. The van der Waals surface area contributed by atoms with Crippen LogP contribution in [0.4, 0.5) is 0 Å². The number of benzene rings is 2. The molecule has 0 spiro atoms. The van der Waals surface area contributed by atoms with Crippen LogP contribution >= 0.6 is 12.2 Å². The van der Waals surface area contributed by atoms with Crippen LogP contribution in [0.5, 0.6) is 0 Å². The summed E-state index contributed by atoms with van der Waals surface area (Å²) in [7, 11) is 1.73. The third kappa shape index (κ3) is 9.69. The standard InChI is InChI=1S/C24H30N4O4S/c1-25-24(33)26-14-6-5-9-21(29)27-16-22(30)28-20(15-23(31)32)19-12-10-18(11-13-19)17-7-3-2-4-8-17/h2-4,7-8,10-13,20H,5-6,9,14-16H2,1H3,(H,27,29)(H,28,30)(H,31,32)(H2,25,26,33). The van der Waals surface area contributed by atoms with Gasteiger partial charge in [0.2, 0.25) is 11.8 Å². The van der Waals surface area contributed by atoms with E-state index in [4.69, 9.17) is 12.2 Å². The van der Waals surface area contributed by atoms with Gasteiger partial charge in [0.1, 0.15) is 0 Å². The molecular formula is C24H30N4O4S. The number of thiocarbonyl (C=S) groups is 1. The molecule has 176 valence electrons. The monoisotopic (exact) mass is 470 g/mol. The average molecular weight is 471 g/mol. The highest BCUT2D eigenvalue weighted by atomic mass is 32.1. The van der Waals surface area contributed by atoms with Crippen LogP contribution in [0.25, 0.3) is 11.1 Å². The summed E-state index contributed by atoms with van der Waals surface area (Å²) in [6.07, 6.45) is 1.45. The molecule has 2 aromatic carbocycles. The number of carboxylic acid groups (broad SMARTS) is 1. The number of hydrogen-bond donors (Lipinski definition) is 5. The second-order valence-corrected chi connectivity index (χ2v) is 7.85. The Balaban J connectivity index is 1.83. The molecular weight excluding hydrogens is 440 g/mol. The van der Waals surface area contributed by atoms with Gasteiger partial charge in [-0.2, -0.15) is 0 Å². The first kappa shape index (κ1) is 25.8. The Labute approximate surface area is 199 Å². The highest BCUT2D eigenvalue weighted by molar-refractivity contribution is 7.80. The highest BCUT2D eigenvalue weighted by Gasteiger charge is 2.18. The molecule has 33 heavy (non-hydrogen) atoms. The lowest BCUT2D eigenvalue weighted by molar-refractivity contribution is -0.138. The first-order valence-corrected chi connectivity index (χ1v) is 11.2. The Morgan fingerprint density at radius 2 is 1.58 bits per heavy atom. The first-order chi connectivity index (χ1) is 15.9. The van der Waals surface area contributed by atoms with Crippen molar-refractivity contribution >= 4 is 35.1 Å². The topological polar surface area (TPSA) is 120 Å². The molecule has 0 aliphatic heterocycles. The average Bonchev–Trinajstić information content (AvgIpc) is 2.82. The lowest BCUT2D eigenvalue weighted by Crippen LogP contribution is -2.39. The van der Waals surface area contributed by atoms with Gasteiger partial charge in [0.15, 0.2) is 5.11 Å². The van der Waals surface area contributed by atoms with E-state index < -0.39 is 17.9 Å². The molecule has 0 aliphatic carbocycles. The Morgan fingerprint density at radius 3 is 2.21 bits per heavy atom. The first-order valence-electron chi connectivity index (χ1n) is 10.8. The molecule has 9 heteroatoms. The van der Waals surface area contributed by atoms with Crippen LogP contribution in [0.15, 0.2) is 54.6 Å². The Bertz CT molecular complexity index is 935. The molecule has 0 radical (unpaired) electrons. The number of hydrogen-bond acceptors (Lipinski definition) is 4. The Morgan fingerprint density at radius 1 is 0.909 bits per heavy atom. The maximum Gasteiger partial charge on any atom is 0.305 e. The van der Waals surface area contributed by atoms with Crippen LogP contribution in [-0.2, 0) is 14.4 Å². The number of carbonyl (C=O) groups excluding carboxylic acids is 2. The smallest absolute Gasteiger partial charge is 0.305 e. The fourth-order valence-electron chi connectivity index (χ4n) is 3.18. The van der Waals surface area contributed by atoms with E-state index >= 15 is 0 Å². The molecule has 0 saturated heterocycles. The molecule has 0 aromatic heterocycles. The number of unbranched alkanes of at least 4 members (excludes halogenated alkanes) is 1. The lowest BCUT2D eigenvalue weighted by atomic mass is 9.99. The second kappa shape index (κ2) is 13.8. The lowest BCUT2D eigenvalue weighted by Gasteiger charge is -2.18. The van der Waals surface area contributed by atoms with Crippen LogP contribution in [0.2, 0.25) is 0 Å². The maximum absolute atomic E-state index is 12.3. The molecule has 0 bridgehead atoms. The molecule has 2 rings (SSSR count). The van der Waals surface area contributed by atoms with Crippen molar-refractivity contribution in [2.75, 3.05) is 20.1 Å². The quantitative estimate of drug-likeness (QED) is 0.239. The van der Waals surface area contributed by atoms with Crippen molar-refractivity contribution in [3.05, 3.63) is 60.2 Å². The van der Waals surface area contributed by atoms with E-state index in [0.717, 1.165) is 17.5 Å². The van der Waals surface area contributed by atoms with Crippen LogP contribution < -0.4 is 21.3 Å². The summed E-state index contributed by atoms with van der Waals surface area (Å²) >= 11 is 4.97. The van der Waals surface area contributed by atoms with Gasteiger partial charge in [-0.15, -0.1) is 0 Å². The number of aliphatic carboxylic acids is 1. The largest absolute Gasteiger partial charge is 0.481 e. The van der Waals surface area contributed by atoms with Gasteiger partial charge in [0.05, 0.1) is 19.0 Å². The van der Waals surface area contributed by atoms with Gasteiger partial charge >= 0.3 is 5.97 Å². The predicted molar refractivity (Wildman–Crippen MR) is 132 cm³/mol. The van der Waals surface area contributed by atoms with Crippen molar-refractivity contribution in [3.63, 3.8) is 0 Å². The summed E-state index contributed by atoms with van der Waals surface area (Å²) in [4.78, 5) is 35.6. The number of carboxylic acids is 1. The van der Waals surface area contributed by atoms with Crippen LogP contribution in [0.3, 0.4) is 0 Å². The van der Waals surface area contributed by atoms with Crippen molar-refractivity contribution in [1.29, 1.82) is 0 Å². The van der Waals surface area contributed by atoms with E-state index in [1.165, 1.54) is 0 Å². The van der Waals surface area contributed by atoms with Gasteiger partial charge < -0.3 is 26.4 Å². The number of rotatable bonds is 12. The molecule has 2 aromatic rings. The molecule has 0 aliphatic rings. The molecule has 0 saturated carbocycles. The van der Waals surface area contributed by atoms with Gasteiger partial charge in [-0.3, -0.25) is 14.4 Å². The highest BCUT2D eigenvalue weighted by Crippen LogP contribution is 2.23. The molecule has 0 fully saturated rings. The van der Waals surface area contributed by atoms with Crippen molar-refractivity contribution < 1.29 is 19.5 Å². The normalized spacial score (nSPS) is 11.2. The van der Waals surface area contributed by atoms with Crippen molar-refractivity contribution in [2.24, 2.45) is 0 Å². The van der Waals surface area contributed by atoms with Crippen LogP contribution in [0.1, 0.15) is 37.3 Å². The molecule has 1 unspecified atom stereocenters. The number of carbonyl (C=O) groups is 3. The van der Waals surface area contributed by atoms with Crippen LogP contribution in [-0.4, -0.2) is 48.1 Å². The summed E-state index contributed by atoms with van der Waals surface area (Å²) in [5.41, 5.74) is 2.73. The number of nitrogens with one attached hydrogen (secondary N) is 4. The fraction of sp³-hybridized carbons (Fsp3) is 0.333. The van der Waals surface area contributed by atoms with Gasteiger partial charge in [-0.05, 0) is 41.7 Å². The van der Waals surface area contributed by atoms with Crippen molar-refractivity contribution in [2.45, 2.75) is 31.7 Å². The molecule has 5 N–H and O–H groups in total. The van der Waals surface area contributed by atoms with E-state index in [9.17, 15) is 19.5 Å². The molecule has 0 heterocycles. The zero-order valence-corrected chi connectivity index (χ0v) is 19.4. The third-order valence-corrected chi connectivity index (χ3v) is 5.27. The van der Waals surface area contributed by atoms with Crippen LogP contribution in [0, 0.1) is 0 Å². The minimum absolute atomic E-state index is 0.209. The summed E-state index contributed by atoms with van der Waals surface area (Å²) in [5.74, 6) is -1.70. The zero-order chi connectivity index (χ0) is 24.1. The Kier molecular flexibility index (Phi) is 10.8. The predicted octanol–water partition coefficient (Wildman–Crippen LogP) is 2.37. The molecule has 1 atom stereocenters.